The molecular weight excluding hydrogens is 328 g/mol. The molecule has 1 saturated heterocycles. The molecule has 0 bridgehead atoms. The summed E-state index contributed by atoms with van der Waals surface area (Å²) in [5, 5.41) is 5.77. The fourth-order valence-electron chi connectivity index (χ4n) is 3.04. The highest BCUT2D eigenvalue weighted by molar-refractivity contribution is 7.10. The van der Waals surface area contributed by atoms with Crippen LogP contribution in [0.1, 0.15) is 40.5 Å². The summed E-state index contributed by atoms with van der Waals surface area (Å²) in [5.41, 5.74) is 0.612. The number of hydrogen-bond acceptors (Lipinski definition) is 3. The molecule has 3 nitrogen and oxygen atoms in total. The number of halogens is 1. The molecule has 1 fully saturated rings. The van der Waals surface area contributed by atoms with Crippen LogP contribution in [0, 0.1) is 0 Å². The molecule has 5 heteroatoms. The molecule has 1 aliphatic rings. The van der Waals surface area contributed by atoms with Gasteiger partial charge >= 0.3 is 0 Å². The van der Waals surface area contributed by atoms with Crippen molar-refractivity contribution < 1.29 is 4.79 Å². The molecule has 1 amide bonds. The SMILES string of the molecule is O=C(NCC(c1cccs1)N1CCCCC1)c1cccc(Cl)c1. The summed E-state index contributed by atoms with van der Waals surface area (Å²) >= 11 is 7.73. The first-order valence-corrected chi connectivity index (χ1v) is 9.31. The monoisotopic (exact) mass is 348 g/mol. The van der Waals surface area contributed by atoms with E-state index in [1.54, 1.807) is 35.6 Å². The summed E-state index contributed by atoms with van der Waals surface area (Å²) in [5.74, 6) is -0.0638. The van der Waals surface area contributed by atoms with Gasteiger partial charge in [0.1, 0.15) is 0 Å². The first-order valence-electron chi connectivity index (χ1n) is 8.05. The highest BCUT2D eigenvalue weighted by Gasteiger charge is 2.23. The van der Waals surface area contributed by atoms with Crippen molar-refractivity contribution >= 4 is 28.8 Å². The number of carbonyl (C=O) groups excluding carboxylic acids is 1. The minimum atomic E-state index is -0.0638. The highest BCUT2D eigenvalue weighted by Crippen LogP contribution is 2.27. The molecule has 3 rings (SSSR count). The standard InChI is InChI=1S/C18H21ClN2OS/c19-15-7-4-6-14(12-15)18(22)20-13-16(17-8-5-11-23-17)21-9-2-1-3-10-21/h4-8,11-12,16H,1-3,9-10,13H2,(H,20,22). The van der Waals surface area contributed by atoms with Crippen molar-refractivity contribution in [3.05, 3.63) is 57.2 Å². The lowest BCUT2D eigenvalue weighted by Gasteiger charge is -2.34. The predicted molar refractivity (Wildman–Crippen MR) is 96.3 cm³/mol. The van der Waals surface area contributed by atoms with E-state index in [1.807, 2.05) is 0 Å². The fourth-order valence-corrected chi connectivity index (χ4v) is 4.09. The lowest BCUT2D eigenvalue weighted by Crippen LogP contribution is -2.40. The summed E-state index contributed by atoms with van der Waals surface area (Å²) in [7, 11) is 0. The lowest BCUT2D eigenvalue weighted by molar-refractivity contribution is 0.0925. The number of hydrogen-bond donors (Lipinski definition) is 1. The summed E-state index contributed by atoms with van der Waals surface area (Å²) in [6.45, 7) is 2.84. The van der Waals surface area contributed by atoms with Crippen LogP contribution in [0.2, 0.25) is 5.02 Å². The number of benzene rings is 1. The van der Waals surface area contributed by atoms with Crippen molar-refractivity contribution in [2.24, 2.45) is 0 Å². The zero-order valence-corrected chi connectivity index (χ0v) is 14.6. The second-order valence-electron chi connectivity index (χ2n) is 5.85. The van der Waals surface area contributed by atoms with Gasteiger partial charge < -0.3 is 5.32 Å². The molecule has 1 aromatic carbocycles. The number of likely N-dealkylation sites (tertiary alicyclic amines) is 1. The van der Waals surface area contributed by atoms with Gasteiger partial charge in [-0.2, -0.15) is 0 Å². The van der Waals surface area contributed by atoms with Crippen molar-refractivity contribution in [1.29, 1.82) is 0 Å². The van der Waals surface area contributed by atoms with Gasteiger partial charge in [-0.25, -0.2) is 0 Å². The number of amides is 1. The third kappa shape index (κ3) is 4.34. The molecular formula is C18H21ClN2OS. The van der Waals surface area contributed by atoms with Gasteiger partial charge in [0.25, 0.3) is 5.91 Å². The van der Waals surface area contributed by atoms with Crippen LogP contribution >= 0.6 is 22.9 Å². The fraction of sp³-hybridized carbons (Fsp3) is 0.389. The lowest BCUT2D eigenvalue weighted by atomic mass is 10.1. The van der Waals surface area contributed by atoms with Crippen LogP contribution < -0.4 is 5.32 Å². The van der Waals surface area contributed by atoms with Crippen molar-refractivity contribution in [1.82, 2.24) is 10.2 Å². The van der Waals surface area contributed by atoms with Crippen LogP contribution in [0.3, 0.4) is 0 Å². The van der Waals surface area contributed by atoms with Crippen LogP contribution in [-0.4, -0.2) is 30.4 Å². The maximum absolute atomic E-state index is 12.4. The molecule has 23 heavy (non-hydrogen) atoms. The Morgan fingerprint density at radius 3 is 2.74 bits per heavy atom. The number of carbonyl (C=O) groups is 1. The molecule has 1 unspecified atom stereocenters. The van der Waals surface area contributed by atoms with Crippen LogP contribution in [0.15, 0.2) is 41.8 Å². The molecule has 0 radical (unpaired) electrons. The van der Waals surface area contributed by atoms with E-state index in [-0.39, 0.29) is 11.9 Å². The van der Waals surface area contributed by atoms with E-state index in [1.165, 1.54) is 24.1 Å². The van der Waals surface area contributed by atoms with Crippen LogP contribution in [0.4, 0.5) is 0 Å². The Hall–Kier alpha value is -1.36. The van der Waals surface area contributed by atoms with E-state index >= 15 is 0 Å². The first-order chi connectivity index (χ1) is 11.2. The summed E-state index contributed by atoms with van der Waals surface area (Å²) < 4.78 is 0. The van der Waals surface area contributed by atoms with E-state index in [0.29, 0.717) is 17.1 Å². The van der Waals surface area contributed by atoms with Gasteiger partial charge in [-0.3, -0.25) is 9.69 Å². The molecule has 122 valence electrons. The Morgan fingerprint density at radius 2 is 2.04 bits per heavy atom. The van der Waals surface area contributed by atoms with Crippen molar-refractivity contribution in [2.75, 3.05) is 19.6 Å². The Kier molecular flexibility index (Phi) is 5.70. The van der Waals surface area contributed by atoms with Crippen molar-refractivity contribution in [3.8, 4) is 0 Å². The maximum Gasteiger partial charge on any atom is 0.251 e. The minimum Gasteiger partial charge on any atom is -0.350 e. The third-order valence-corrected chi connectivity index (χ3v) is 5.45. The maximum atomic E-state index is 12.4. The highest BCUT2D eigenvalue weighted by atomic mass is 35.5. The number of piperidine rings is 1. The first kappa shape index (κ1) is 16.5. The van der Waals surface area contributed by atoms with E-state index in [0.717, 1.165) is 13.1 Å². The normalized spacial score (nSPS) is 16.9. The Labute approximate surface area is 146 Å². The predicted octanol–water partition coefficient (Wildman–Crippen LogP) is 4.36. The minimum absolute atomic E-state index is 0.0638. The van der Waals surface area contributed by atoms with Crippen molar-refractivity contribution in [3.63, 3.8) is 0 Å². The molecule has 1 atom stereocenters. The molecule has 2 heterocycles. The molecule has 0 saturated carbocycles. The number of rotatable bonds is 5. The largest absolute Gasteiger partial charge is 0.350 e. The van der Waals surface area contributed by atoms with Gasteiger partial charge in [-0.05, 0) is 55.6 Å². The molecule has 1 aromatic heterocycles. The van der Waals surface area contributed by atoms with Gasteiger partial charge in [-0.1, -0.05) is 30.2 Å². The Morgan fingerprint density at radius 1 is 1.22 bits per heavy atom. The van der Waals surface area contributed by atoms with Gasteiger partial charge in [0, 0.05) is 22.0 Å². The van der Waals surface area contributed by atoms with Crippen molar-refractivity contribution in [2.45, 2.75) is 25.3 Å². The number of thiophene rings is 1. The molecule has 1 N–H and O–H groups in total. The van der Waals surface area contributed by atoms with Gasteiger partial charge in [0.05, 0.1) is 6.04 Å². The Bertz CT molecular complexity index is 638. The second kappa shape index (κ2) is 7.95. The average Bonchev–Trinajstić information content (AvgIpc) is 3.10. The topological polar surface area (TPSA) is 32.3 Å². The van der Waals surface area contributed by atoms with Crippen LogP contribution in [0.5, 0.6) is 0 Å². The molecule has 0 aliphatic carbocycles. The molecule has 1 aliphatic heterocycles. The summed E-state index contributed by atoms with van der Waals surface area (Å²) in [6.07, 6.45) is 3.79. The second-order valence-corrected chi connectivity index (χ2v) is 7.26. The van der Waals surface area contributed by atoms with Gasteiger partial charge in [-0.15, -0.1) is 11.3 Å². The average molecular weight is 349 g/mol. The molecule has 2 aromatic rings. The third-order valence-electron chi connectivity index (χ3n) is 4.25. The van der Waals surface area contributed by atoms with E-state index in [9.17, 15) is 4.79 Å². The van der Waals surface area contributed by atoms with E-state index in [4.69, 9.17) is 11.6 Å². The van der Waals surface area contributed by atoms with Gasteiger partial charge in [0.2, 0.25) is 0 Å². The zero-order chi connectivity index (χ0) is 16.1. The van der Waals surface area contributed by atoms with E-state index in [2.05, 4.69) is 27.7 Å². The zero-order valence-electron chi connectivity index (χ0n) is 13.0. The van der Waals surface area contributed by atoms with Gasteiger partial charge in [0.15, 0.2) is 0 Å². The smallest absolute Gasteiger partial charge is 0.251 e. The summed E-state index contributed by atoms with van der Waals surface area (Å²) in [6, 6.07) is 11.6. The van der Waals surface area contributed by atoms with Crippen LogP contribution in [-0.2, 0) is 0 Å². The number of nitrogens with one attached hydrogen (secondary N) is 1. The molecule has 0 spiro atoms. The van der Waals surface area contributed by atoms with Crippen LogP contribution in [0.25, 0.3) is 0 Å². The summed E-state index contributed by atoms with van der Waals surface area (Å²) in [4.78, 5) is 16.2. The Balaban J connectivity index is 1.67. The number of nitrogens with zero attached hydrogens (tertiary/aromatic N) is 1. The quantitative estimate of drug-likeness (QED) is 0.870. The van der Waals surface area contributed by atoms with E-state index < -0.39 is 0 Å².